The van der Waals surface area contributed by atoms with Gasteiger partial charge in [-0.1, -0.05) is 30.3 Å². The standard InChI is InChI=1S/C22H20N4O3/c1-12-5-4-6-13(11-12)26-21(28)17(20(27)25-22(26)29)19-18-15(9-10-23-19)14-7-2-3-8-16(14)24-18/h2-8,11,19,23-24,28H,9-10H2,1H3,(H,25,27,29). The fourth-order valence-electron chi connectivity index (χ4n) is 4.23. The van der Waals surface area contributed by atoms with Gasteiger partial charge in [0, 0.05) is 23.1 Å². The monoisotopic (exact) mass is 388 g/mol. The van der Waals surface area contributed by atoms with Crippen LogP contribution in [-0.4, -0.2) is 26.2 Å². The largest absolute Gasteiger partial charge is 0.494 e. The van der Waals surface area contributed by atoms with Crippen LogP contribution in [0.4, 0.5) is 0 Å². The molecule has 5 rings (SSSR count). The molecule has 0 radical (unpaired) electrons. The number of H-pyrrole nitrogens is 2. The van der Waals surface area contributed by atoms with Gasteiger partial charge in [0.25, 0.3) is 5.56 Å². The minimum absolute atomic E-state index is 0.124. The van der Waals surface area contributed by atoms with Gasteiger partial charge < -0.3 is 15.4 Å². The summed E-state index contributed by atoms with van der Waals surface area (Å²) in [6.07, 6.45) is 0.812. The highest BCUT2D eigenvalue weighted by molar-refractivity contribution is 5.85. The number of aromatic hydroxyl groups is 1. The molecule has 7 nitrogen and oxygen atoms in total. The van der Waals surface area contributed by atoms with E-state index in [1.165, 1.54) is 0 Å². The molecule has 29 heavy (non-hydrogen) atoms. The third kappa shape index (κ3) is 2.70. The first-order valence-electron chi connectivity index (χ1n) is 9.52. The molecule has 1 unspecified atom stereocenters. The van der Waals surface area contributed by atoms with Crippen LogP contribution in [0.3, 0.4) is 0 Å². The third-order valence-corrected chi connectivity index (χ3v) is 5.53. The Balaban J connectivity index is 1.75. The quantitative estimate of drug-likeness (QED) is 0.423. The van der Waals surface area contributed by atoms with Crippen molar-refractivity contribution in [3.05, 3.63) is 91.8 Å². The Bertz CT molecular complexity index is 1360. The molecule has 0 spiro atoms. The maximum atomic E-state index is 12.8. The second-order valence-electron chi connectivity index (χ2n) is 7.37. The molecule has 146 valence electrons. The number of para-hydroxylation sites is 1. The van der Waals surface area contributed by atoms with Crippen molar-refractivity contribution in [2.75, 3.05) is 6.54 Å². The summed E-state index contributed by atoms with van der Waals surface area (Å²) in [7, 11) is 0. The van der Waals surface area contributed by atoms with Crippen LogP contribution < -0.4 is 16.6 Å². The lowest BCUT2D eigenvalue weighted by atomic mass is 9.95. The number of hydrogen-bond donors (Lipinski definition) is 4. The highest BCUT2D eigenvalue weighted by Crippen LogP contribution is 2.35. The number of nitrogens with zero attached hydrogens (tertiary/aromatic N) is 1. The molecule has 0 saturated heterocycles. The second-order valence-corrected chi connectivity index (χ2v) is 7.37. The Labute approximate surface area is 165 Å². The molecule has 7 heteroatoms. The van der Waals surface area contributed by atoms with Crippen LogP contribution in [0.25, 0.3) is 16.6 Å². The molecule has 0 fully saturated rings. The summed E-state index contributed by atoms with van der Waals surface area (Å²) in [4.78, 5) is 31.0. The maximum absolute atomic E-state index is 12.8. The predicted octanol–water partition coefficient (Wildman–Crippen LogP) is 2.26. The van der Waals surface area contributed by atoms with Gasteiger partial charge in [-0.15, -0.1) is 0 Å². The smallest absolute Gasteiger partial charge is 0.335 e. The van der Waals surface area contributed by atoms with Crippen molar-refractivity contribution in [2.24, 2.45) is 0 Å². The van der Waals surface area contributed by atoms with Crippen molar-refractivity contribution in [1.82, 2.24) is 19.9 Å². The van der Waals surface area contributed by atoms with Gasteiger partial charge in [0.1, 0.15) is 5.56 Å². The van der Waals surface area contributed by atoms with E-state index in [1.54, 1.807) is 18.2 Å². The molecule has 1 aliphatic rings. The number of fused-ring (bicyclic) bond motifs is 3. The number of hydrogen-bond acceptors (Lipinski definition) is 4. The zero-order chi connectivity index (χ0) is 20.1. The lowest BCUT2D eigenvalue weighted by Gasteiger charge is -2.25. The summed E-state index contributed by atoms with van der Waals surface area (Å²) >= 11 is 0. The Kier molecular flexibility index (Phi) is 3.92. The average molecular weight is 388 g/mol. The van der Waals surface area contributed by atoms with Gasteiger partial charge in [0.2, 0.25) is 5.88 Å². The van der Waals surface area contributed by atoms with Crippen molar-refractivity contribution < 1.29 is 5.11 Å². The zero-order valence-electron chi connectivity index (χ0n) is 15.8. The van der Waals surface area contributed by atoms with Gasteiger partial charge >= 0.3 is 5.69 Å². The fourth-order valence-corrected chi connectivity index (χ4v) is 4.23. The molecule has 2 aromatic carbocycles. The van der Waals surface area contributed by atoms with Gasteiger partial charge in [-0.3, -0.25) is 9.78 Å². The van der Waals surface area contributed by atoms with E-state index in [1.807, 2.05) is 37.3 Å². The SMILES string of the molecule is Cc1cccc(-n2c(O)c(C3NCCc4c3[nH]c3ccccc43)c(=O)[nH]c2=O)c1. The molecular formula is C22H20N4O3. The molecule has 0 saturated carbocycles. The number of nitrogens with one attached hydrogen (secondary N) is 3. The van der Waals surface area contributed by atoms with Crippen LogP contribution >= 0.6 is 0 Å². The molecule has 3 heterocycles. The van der Waals surface area contributed by atoms with Crippen molar-refractivity contribution >= 4 is 10.9 Å². The van der Waals surface area contributed by atoms with E-state index in [0.29, 0.717) is 12.2 Å². The number of aromatic amines is 2. The predicted molar refractivity (Wildman–Crippen MR) is 111 cm³/mol. The fraction of sp³-hybridized carbons (Fsp3) is 0.182. The highest BCUT2D eigenvalue weighted by Gasteiger charge is 2.31. The van der Waals surface area contributed by atoms with Gasteiger partial charge in [-0.25, -0.2) is 9.36 Å². The lowest BCUT2D eigenvalue weighted by Crippen LogP contribution is -2.38. The molecule has 1 atom stereocenters. The van der Waals surface area contributed by atoms with E-state index in [2.05, 4.69) is 15.3 Å². The zero-order valence-corrected chi connectivity index (χ0v) is 15.8. The van der Waals surface area contributed by atoms with Gasteiger partial charge in [-0.2, -0.15) is 0 Å². The van der Waals surface area contributed by atoms with E-state index < -0.39 is 17.3 Å². The summed E-state index contributed by atoms with van der Waals surface area (Å²) < 4.78 is 1.14. The first-order valence-corrected chi connectivity index (χ1v) is 9.52. The van der Waals surface area contributed by atoms with Gasteiger partial charge in [0.05, 0.1) is 11.7 Å². The Morgan fingerprint density at radius 2 is 1.90 bits per heavy atom. The Morgan fingerprint density at radius 1 is 1.07 bits per heavy atom. The summed E-state index contributed by atoms with van der Waals surface area (Å²) in [5.41, 5.74) is 3.24. The molecule has 4 N–H and O–H groups in total. The highest BCUT2D eigenvalue weighted by atomic mass is 16.3. The van der Waals surface area contributed by atoms with E-state index in [-0.39, 0.29) is 11.4 Å². The average Bonchev–Trinajstić information content (AvgIpc) is 3.07. The molecular weight excluding hydrogens is 368 g/mol. The van der Waals surface area contributed by atoms with Crippen LogP contribution in [0.1, 0.15) is 28.4 Å². The summed E-state index contributed by atoms with van der Waals surface area (Å²) in [6, 6.07) is 14.6. The van der Waals surface area contributed by atoms with Crippen molar-refractivity contribution in [3.63, 3.8) is 0 Å². The van der Waals surface area contributed by atoms with Crippen LogP contribution in [-0.2, 0) is 6.42 Å². The van der Waals surface area contributed by atoms with Crippen molar-refractivity contribution in [1.29, 1.82) is 0 Å². The Hall–Kier alpha value is -3.58. The number of aryl methyl sites for hydroxylation is 1. The van der Waals surface area contributed by atoms with E-state index in [4.69, 9.17) is 0 Å². The van der Waals surface area contributed by atoms with Crippen LogP contribution in [0.2, 0.25) is 0 Å². The van der Waals surface area contributed by atoms with E-state index in [0.717, 1.165) is 38.7 Å². The first-order chi connectivity index (χ1) is 14.0. The van der Waals surface area contributed by atoms with Crippen LogP contribution in [0.5, 0.6) is 5.88 Å². The minimum Gasteiger partial charge on any atom is -0.494 e. The van der Waals surface area contributed by atoms with Gasteiger partial charge in [-0.05, 0) is 42.7 Å². The van der Waals surface area contributed by atoms with E-state index >= 15 is 0 Å². The second kappa shape index (κ2) is 6.49. The maximum Gasteiger partial charge on any atom is 0.335 e. The topological polar surface area (TPSA) is 103 Å². The third-order valence-electron chi connectivity index (χ3n) is 5.53. The molecule has 2 aromatic heterocycles. The Morgan fingerprint density at radius 3 is 2.72 bits per heavy atom. The van der Waals surface area contributed by atoms with Crippen LogP contribution in [0.15, 0.2) is 58.1 Å². The summed E-state index contributed by atoms with van der Waals surface area (Å²) in [6.45, 7) is 2.56. The van der Waals surface area contributed by atoms with Crippen LogP contribution in [0, 0.1) is 6.92 Å². The minimum atomic E-state index is -0.672. The van der Waals surface area contributed by atoms with Crippen molar-refractivity contribution in [2.45, 2.75) is 19.4 Å². The normalized spacial score (nSPS) is 16.1. The van der Waals surface area contributed by atoms with Gasteiger partial charge in [0.15, 0.2) is 0 Å². The number of benzene rings is 2. The number of aromatic nitrogens is 3. The summed E-state index contributed by atoms with van der Waals surface area (Å²) in [5, 5.41) is 15.5. The van der Waals surface area contributed by atoms with E-state index in [9.17, 15) is 14.7 Å². The molecule has 0 bridgehead atoms. The molecule has 0 amide bonds. The lowest BCUT2D eigenvalue weighted by molar-refractivity contribution is 0.409. The number of rotatable bonds is 2. The summed E-state index contributed by atoms with van der Waals surface area (Å²) in [5.74, 6) is -0.353. The molecule has 0 aliphatic carbocycles. The molecule has 4 aromatic rings. The first kappa shape index (κ1) is 17.5. The van der Waals surface area contributed by atoms with Crippen molar-refractivity contribution in [3.8, 4) is 11.6 Å². The molecule has 1 aliphatic heterocycles.